The van der Waals surface area contributed by atoms with Gasteiger partial charge < -0.3 is 5.11 Å². The third-order valence-electron chi connectivity index (χ3n) is 1.63. The van der Waals surface area contributed by atoms with Gasteiger partial charge in [-0.2, -0.15) is 0 Å². The molecule has 1 rings (SSSR count). The number of rotatable bonds is 3. The molecule has 1 unspecified atom stereocenters. The van der Waals surface area contributed by atoms with Crippen molar-refractivity contribution in [1.29, 1.82) is 0 Å². The van der Waals surface area contributed by atoms with Crippen molar-refractivity contribution in [2.45, 2.75) is 18.5 Å². The first-order chi connectivity index (χ1) is 6.59. The van der Waals surface area contributed by atoms with Crippen molar-refractivity contribution < 1.29 is 5.11 Å². The summed E-state index contributed by atoms with van der Waals surface area (Å²) in [6.45, 7) is 1.59. The Bertz CT molecular complexity index is 308. The van der Waals surface area contributed by atoms with Gasteiger partial charge in [0.25, 0.3) is 0 Å². The van der Waals surface area contributed by atoms with Crippen molar-refractivity contribution >= 4 is 29.4 Å². The number of benzene rings is 1. The minimum atomic E-state index is -0.653. The molecule has 0 aliphatic rings. The molecule has 0 saturated carbocycles. The fourth-order valence-electron chi connectivity index (χ4n) is 0.831. The average molecular weight is 232 g/mol. The van der Waals surface area contributed by atoms with Crippen molar-refractivity contribution in [3.05, 3.63) is 34.9 Å². The van der Waals surface area contributed by atoms with Crippen LogP contribution in [0.2, 0.25) is 5.02 Å². The van der Waals surface area contributed by atoms with Gasteiger partial charge in [-0.1, -0.05) is 35.3 Å². The van der Waals surface area contributed by atoms with Crippen molar-refractivity contribution in [3.63, 3.8) is 0 Å². The van der Waals surface area contributed by atoms with Gasteiger partial charge in [0, 0.05) is 11.2 Å². The predicted molar refractivity (Wildman–Crippen MR) is 60.4 cm³/mol. The molecule has 0 bridgehead atoms. The van der Waals surface area contributed by atoms with Crippen molar-refractivity contribution in [2.24, 2.45) is 4.99 Å². The molecule has 0 amide bonds. The summed E-state index contributed by atoms with van der Waals surface area (Å²) in [4.78, 5) is 3.97. The largest absolute Gasteiger partial charge is 0.390 e. The number of hydrogen-bond acceptors (Lipinski definition) is 2. The first-order valence-electron chi connectivity index (χ1n) is 4.20. The molecule has 0 aliphatic carbocycles. The molecule has 2 atom stereocenters. The number of alkyl halides is 1. The van der Waals surface area contributed by atoms with Crippen molar-refractivity contribution in [2.75, 3.05) is 0 Å². The number of aliphatic hydroxyl groups excluding tert-OH is 1. The molecule has 1 N–H and O–H groups in total. The molecule has 0 fully saturated rings. The van der Waals surface area contributed by atoms with Crippen LogP contribution in [-0.2, 0) is 0 Å². The van der Waals surface area contributed by atoms with E-state index in [0.29, 0.717) is 5.02 Å². The van der Waals surface area contributed by atoms with Crippen LogP contribution < -0.4 is 0 Å². The molecule has 1 aromatic carbocycles. The van der Waals surface area contributed by atoms with Gasteiger partial charge in [0.15, 0.2) is 0 Å². The maximum Gasteiger partial charge on any atom is 0.149 e. The van der Waals surface area contributed by atoms with Crippen molar-refractivity contribution in [1.82, 2.24) is 0 Å². The van der Waals surface area contributed by atoms with Gasteiger partial charge in [0.2, 0.25) is 0 Å². The Morgan fingerprint density at radius 3 is 2.43 bits per heavy atom. The highest BCUT2D eigenvalue weighted by molar-refractivity contribution is 6.30. The molecule has 2 nitrogen and oxygen atoms in total. The van der Waals surface area contributed by atoms with Gasteiger partial charge >= 0.3 is 0 Å². The van der Waals surface area contributed by atoms with Gasteiger partial charge in [-0.05, 0) is 24.6 Å². The zero-order chi connectivity index (χ0) is 10.6. The van der Waals surface area contributed by atoms with E-state index in [0.717, 1.165) is 5.56 Å². The lowest BCUT2D eigenvalue weighted by Crippen LogP contribution is -2.13. The molecule has 4 heteroatoms. The molecule has 14 heavy (non-hydrogen) atoms. The average Bonchev–Trinajstić information content (AvgIpc) is 2.16. The first-order valence-corrected chi connectivity index (χ1v) is 5.02. The second-order valence-corrected chi connectivity index (χ2v) is 3.83. The quantitative estimate of drug-likeness (QED) is 0.485. The molecule has 0 aromatic heterocycles. The fourth-order valence-corrected chi connectivity index (χ4v) is 1.01. The maximum atomic E-state index is 9.08. The highest BCUT2D eigenvalue weighted by Gasteiger charge is 2.06. The van der Waals surface area contributed by atoms with Gasteiger partial charge in [0.05, 0.1) is 6.10 Å². The van der Waals surface area contributed by atoms with Crippen LogP contribution in [0, 0.1) is 0 Å². The van der Waals surface area contributed by atoms with Crippen LogP contribution in [0.15, 0.2) is 29.3 Å². The highest BCUT2D eigenvalue weighted by Crippen LogP contribution is 2.09. The predicted octanol–water partition coefficient (Wildman–Crippen LogP) is 2.70. The molecule has 0 aliphatic heterocycles. The van der Waals surface area contributed by atoms with E-state index in [9.17, 15) is 0 Å². The van der Waals surface area contributed by atoms with E-state index in [1.807, 2.05) is 12.1 Å². The van der Waals surface area contributed by atoms with E-state index in [1.165, 1.54) is 0 Å². The fraction of sp³-hybridized carbons (Fsp3) is 0.300. The molecular weight excluding hydrogens is 221 g/mol. The second kappa shape index (κ2) is 5.35. The summed E-state index contributed by atoms with van der Waals surface area (Å²) in [6.07, 6.45) is 0.959. The minimum Gasteiger partial charge on any atom is -0.390 e. The smallest absolute Gasteiger partial charge is 0.149 e. The molecule has 0 heterocycles. The van der Waals surface area contributed by atoms with Crippen LogP contribution in [0.25, 0.3) is 0 Å². The lowest BCUT2D eigenvalue weighted by atomic mass is 10.2. The van der Waals surface area contributed by atoms with Gasteiger partial charge in [-0.3, -0.25) is 4.99 Å². The van der Waals surface area contributed by atoms with E-state index < -0.39 is 11.6 Å². The Morgan fingerprint density at radius 2 is 1.93 bits per heavy atom. The van der Waals surface area contributed by atoms with E-state index in [2.05, 4.69) is 4.99 Å². The highest BCUT2D eigenvalue weighted by atomic mass is 35.5. The molecule has 0 radical (unpaired) electrons. The summed E-state index contributed by atoms with van der Waals surface area (Å²) in [5, 5.41) is 9.76. The molecule has 76 valence electrons. The number of aliphatic hydroxyl groups is 1. The summed E-state index contributed by atoms with van der Waals surface area (Å²) in [7, 11) is 0. The Morgan fingerprint density at radius 1 is 1.36 bits per heavy atom. The number of halogens is 2. The topological polar surface area (TPSA) is 32.6 Å². The maximum absolute atomic E-state index is 9.08. The van der Waals surface area contributed by atoms with Crippen LogP contribution in [0.1, 0.15) is 12.5 Å². The Balaban J connectivity index is 2.64. The molecule has 0 saturated heterocycles. The third-order valence-corrected chi connectivity index (χ3v) is 2.36. The monoisotopic (exact) mass is 231 g/mol. The summed E-state index contributed by atoms with van der Waals surface area (Å²) < 4.78 is 0. The van der Waals surface area contributed by atoms with Crippen LogP contribution in [0.4, 0.5) is 0 Å². The second-order valence-electron chi connectivity index (χ2n) is 2.94. The van der Waals surface area contributed by atoms with Gasteiger partial charge in [-0.15, -0.1) is 0 Å². The normalized spacial score (nSPS) is 15.7. The summed E-state index contributed by atoms with van der Waals surface area (Å²) >= 11 is 11.4. The zero-order valence-electron chi connectivity index (χ0n) is 7.69. The summed E-state index contributed by atoms with van der Waals surface area (Å²) in [5.41, 5.74) is 0.298. The van der Waals surface area contributed by atoms with Crippen LogP contribution >= 0.6 is 23.2 Å². The van der Waals surface area contributed by atoms with Crippen LogP contribution in [0.5, 0.6) is 0 Å². The standard InChI is InChI=1S/C10H11Cl2NO/c1-7(14)10(12)13-6-8-2-4-9(11)5-3-8/h2-7,10,14H,1H3/b13-6+/t7?,10-/m1/s1. The summed E-state index contributed by atoms with van der Waals surface area (Å²) in [6, 6.07) is 7.21. The number of aliphatic imine (C=N–C) groups is 1. The minimum absolute atomic E-state index is 0.606. The van der Waals surface area contributed by atoms with E-state index >= 15 is 0 Å². The Kier molecular flexibility index (Phi) is 4.39. The number of hydrogen-bond donors (Lipinski definition) is 1. The van der Waals surface area contributed by atoms with E-state index in [4.69, 9.17) is 28.3 Å². The third kappa shape index (κ3) is 3.66. The lowest BCUT2D eigenvalue weighted by molar-refractivity contribution is 0.191. The summed E-state index contributed by atoms with van der Waals surface area (Å²) in [5.74, 6) is 0. The van der Waals surface area contributed by atoms with Crippen molar-refractivity contribution in [3.8, 4) is 0 Å². The van der Waals surface area contributed by atoms with Gasteiger partial charge in [0.1, 0.15) is 5.50 Å². The van der Waals surface area contributed by atoms with E-state index in [1.54, 1.807) is 25.3 Å². The first kappa shape index (κ1) is 11.5. The molecule has 0 spiro atoms. The van der Waals surface area contributed by atoms with Gasteiger partial charge in [-0.25, -0.2) is 0 Å². The molecule has 1 aromatic rings. The SMILES string of the molecule is CC(O)[C@H](Cl)/N=C/c1ccc(Cl)cc1. The lowest BCUT2D eigenvalue weighted by Gasteiger charge is -2.05. The Labute approximate surface area is 93.2 Å². The van der Waals surface area contributed by atoms with Crippen LogP contribution in [0.3, 0.4) is 0 Å². The zero-order valence-corrected chi connectivity index (χ0v) is 9.20. The van der Waals surface area contributed by atoms with Crippen LogP contribution in [-0.4, -0.2) is 22.9 Å². The molecular formula is C10H11Cl2NO. The Hall–Kier alpha value is -0.570. The number of nitrogens with zero attached hydrogens (tertiary/aromatic N) is 1. The van der Waals surface area contributed by atoms with E-state index in [-0.39, 0.29) is 0 Å².